The SMILES string of the molecule is O=C(O)C1CN(c2ncc(C(F)(F)F)cn2)CCC1N1CC[C@@H](O)C1=O. The molecule has 11 heteroatoms. The molecule has 0 saturated carbocycles. The van der Waals surface area contributed by atoms with E-state index in [1.165, 1.54) is 9.80 Å². The molecule has 2 aliphatic heterocycles. The molecule has 2 aliphatic rings. The standard InChI is InChI=1S/C15H17F3N4O4/c16-15(17,18)8-5-19-14(20-6-8)21-3-1-10(9(7-21)13(25)26)22-4-2-11(23)12(22)24/h5-6,9-11,23H,1-4,7H2,(H,25,26)/t9?,10?,11-/m1/s1. The lowest BCUT2D eigenvalue weighted by molar-refractivity contribution is -0.147. The topological polar surface area (TPSA) is 107 Å². The van der Waals surface area contributed by atoms with Gasteiger partial charge in [-0.2, -0.15) is 13.2 Å². The number of aliphatic hydroxyl groups is 1. The van der Waals surface area contributed by atoms with Crippen LogP contribution in [0.3, 0.4) is 0 Å². The maximum atomic E-state index is 12.6. The van der Waals surface area contributed by atoms with Gasteiger partial charge in [-0.05, 0) is 12.8 Å². The van der Waals surface area contributed by atoms with Crippen molar-refractivity contribution < 1.29 is 33.0 Å². The average Bonchev–Trinajstić information content (AvgIpc) is 2.93. The molecular formula is C15H17F3N4O4. The van der Waals surface area contributed by atoms with E-state index in [0.29, 0.717) is 25.4 Å². The number of hydrogen-bond acceptors (Lipinski definition) is 6. The van der Waals surface area contributed by atoms with Gasteiger partial charge in [0.05, 0.1) is 11.5 Å². The summed E-state index contributed by atoms with van der Waals surface area (Å²) < 4.78 is 37.8. The summed E-state index contributed by atoms with van der Waals surface area (Å²) in [7, 11) is 0. The molecular weight excluding hydrogens is 357 g/mol. The van der Waals surface area contributed by atoms with Crippen molar-refractivity contribution in [1.29, 1.82) is 0 Å². The summed E-state index contributed by atoms with van der Waals surface area (Å²) in [5.74, 6) is -2.55. The first-order valence-corrected chi connectivity index (χ1v) is 8.04. The molecule has 2 fully saturated rings. The highest BCUT2D eigenvalue weighted by atomic mass is 19.4. The van der Waals surface area contributed by atoms with E-state index in [4.69, 9.17) is 0 Å². The lowest BCUT2D eigenvalue weighted by Crippen LogP contribution is -2.55. The molecule has 0 aliphatic carbocycles. The molecule has 1 amide bonds. The molecule has 2 saturated heterocycles. The van der Waals surface area contributed by atoms with Crippen LogP contribution in [0.15, 0.2) is 12.4 Å². The van der Waals surface area contributed by atoms with Crippen molar-refractivity contribution >= 4 is 17.8 Å². The first-order valence-electron chi connectivity index (χ1n) is 8.04. The Morgan fingerprint density at radius 1 is 1.19 bits per heavy atom. The highest BCUT2D eigenvalue weighted by Crippen LogP contribution is 2.31. The number of alkyl halides is 3. The van der Waals surface area contributed by atoms with Gasteiger partial charge in [-0.1, -0.05) is 0 Å². The second kappa shape index (κ2) is 6.71. The van der Waals surface area contributed by atoms with E-state index in [1.54, 1.807) is 0 Å². The van der Waals surface area contributed by atoms with E-state index in [0.717, 1.165) is 0 Å². The molecule has 3 heterocycles. The summed E-state index contributed by atoms with van der Waals surface area (Å²) in [5, 5.41) is 19.1. The Hall–Kier alpha value is -2.43. The van der Waals surface area contributed by atoms with E-state index < -0.39 is 41.7 Å². The number of carboxylic acids is 1. The molecule has 0 bridgehead atoms. The van der Waals surface area contributed by atoms with Crippen molar-refractivity contribution in [3.8, 4) is 0 Å². The highest BCUT2D eigenvalue weighted by molar-refractivity contribution is 5.84. The largest absolute Gasteiger partial charge is 0.481 e. The summed E-state index contributed by atoms with van der Waals surface area (Å²) in [4.78, 5) is 33.9. The predicted octanol–water partition coefficient (Wildman–Crippen LogP) is 0.368. The van der Waals surface area contributed by atoms with Crippen LogP contribution in [0, 0.1) is 5.92 Å². The number of aliphatic hydroxyl groups excluding tert-OH is 1. The number of amides is 1. The molecule has 142 valence electrons. The second-order valence-corrected chi connectivity index (χ2v) is 6.35. The summed E-state index contributed by atoms with van der Waals surface area (Å²) in [6, 6.07) is -0.581. The number of halogens is 3. The van der Waals surface area contributed by atoms with Gasteiger partial charge in [0, 0.05) is 38.1 Å². The maximum absolute atomic E-state index is 12.6. The average molecular weight is 374 g/mol. The third-order valence-electron chi connectivity index (χ3n) is 4.75. The molecule has 0 spiro atoms. The monoisotopic (exact) mass is 374 g/mol. The van der Waals surface area contributed by atoms with Crippen molar-refractivity contribution in [2.24, 2.45) is 5.92 Å². The zero-order valence-electron chi connectivity index (χ0n) is 13.6. The number of aliphatic carboxylic acids is 1. The number of nitrogens with zero attached hydrogens (tertiary/aromatic N) is 4. The quantitative estimate of drug-likeness (QED) is 0.787. The number of anilines is 1. The highest BCUT2D eigenvalue weighted by Gasteiger charge is 2.44. The predicted molar refractivity (Wildman–Crippen MR) is 81.1 cm³/mol. The Balaban J connectivity index is 1.76. The molecule has 26 heavy (non-hydrogen) atoms. The fourth-order valence-corrected chi connectivity index (χ4v) is 3.38. The zero-order chi connectivity index (χ0) is 19.1. The minimum absolute atomic E-state index is 0.00971. The van der Waals surface area contributed by atoms with E-state index in [-0.39, 0.29) is 25.5 Å². The van der Waals surface area contributed by atoms with Gasteiger partial charge in [0.2, 0.25) is 5.95 Å². The van der Waals surface area contributed by atoms with Crippen LogP contribution in [0.5, 0.6) is 0 Å². The van der Waals surface area contributed by atoms with Crippen LogP contribution in [0.2, 0.25) is 0 Å². The molecule has 8 nitrogen and oxygen atoms in total. The van der Waals surface area contributed by atoms with Crippen molar-refractivity contribution in [2.75, 3.05) is 24.5 Å². The number of hydrogen-bond donors (Lipinski definition) is 2. The van der Waals surface area contributed by atoms with Gasteiger partial charge in [0.25, 0.3) is 5.91 Å². The second-order valence-electron chi connectivity index (χ2n) is 6.35. The van der Waals surface area contributed by atoms with Gasteiger partial charge in [0.1, 0.15) is 6.10 Å². The molecule has 0 aromatic carbocycles. The van der Waals surface area contributed by atoms with Gasteiger partial charge in [-0.15, -0.1) is 0 Å². The van der Waals surface area contributed by atoms with E-state index in [2.05, 4.69) is 9.97 Å². The first kappa shape index (κ1) is 18.4. The first-order chi connectivity index (χ1) is 12.2. The number of aromatic nitrogens is 2. The number of carboxylic acid groups (broad SMARTS) is 1. The molecule has 2 N–H and O–H groups in total. The normalized spacial score (nSPS) is 27.1. The van der Waals surface area contributed by atoms with Gasteiger partial charge in [-0.25, -0.2) is 9.97 Å². The van der Waals surface area contributed by atoms with Gasteiger partial charge in [-0.3, -0.25) is 9.59 Å². The fourth-order valence-electron chi connectivity index (χ4n) is 3.38. The molecule has 1 aromatic heterocycles. The Labute approximate surface area is 146 Å². The lowest BCUT2D eigenvalue weighted by Gasteiger charge is -2.40. The summed E-state index contributed by atoms with van der Waals surface area (Å²) in [6.07, 6.45) is -3.80. The van der Waals surface area contributed by atoms with Crippen molar-refractivity contribution in [3.63, 3.8) is 0 Å². The van der Waals surface area contributed by atoms with Gasteiger partial charge >= 0.3 is 12.1 Å². The molecule has 2 unspecified atom stereocenters. The number of piperidine rings is 1. The van der Waals surface area contributed by atoms with E-state index in [1.807, 2.05) is 0 Å². The number of likely N-dealkylation sites (tertiary alicyclic amines) is 1. The van der Waals surface area contributed by atoms with Crippen molar-refractivity contribution in [3.05, 3.63) is 18.0 Å². The van der Waals surface area contributed by atoms with Crippen LogP contribution in [-0.4, -0.2) is 68.7 Å². The van der Waals surface area contributed by atoms with E-state index >= 15 is 0 Å². The number of carbonyl (C=O) groups is 2. The van der Waals surface area contributed by atoms with Crippen LogP contribution >= 0.6 is 0 Å². The van der Waals surface area contributed by atoms with Crippen LogP contribution in [0.1, 0.15) is 18.4 Å². The Kier molecular flexibility index (Phi) is 4.74. The van der Waals surface area contributed by atoms with Gasteiger partial charge < -0.3 is 20.0 Å². The third-order valence-corrected chi connectivity index (χ3v) is 4.75. The fraction of sp³-hybridized carbons (Fsp3) is 0.600. The Morgan fingerprint density at radius 2 is 1.85 bits per heavy atom. The zero-order valence-corrected chi connectivity index (χ0v) is 13.6. The summed E-state index contributed by atoms with van der Waals surface area (Å²) in [6.45, 7) is 0.538. The van der Waals surface area contributed by atoms with Crippen molar-refractivity contribution in [2.45, 2.75) is 31.2 Å². The lowest BCUT2D eigenvalue weighted by atomic mass is 9.91. The van der Waals surface area contributed by atoms with Crippen LogP contribution in [0.25, 0.3) is 0 Å². The molecule has 3 atom stereocenters. The smallest absolute Gasteiger partial charge is 0.419 e. The van der Waals surface area contributed by atoms with Gasteiger partial charge in [0.15, 0.2) is 0 Å². The minimum atomic E-state index is -4.55. The van der Waals surface area contributed by atoms with Crippen LogP contribution < -0.4 is 4.90 Å². The summed E-state index contributed by atoms with van der Waals surface area (Å²) in [5.41, 5.74) is -0.984. The Morgan fingerprint density at radius 3 is 2.35 bits per heavy atom. The molecule has 0 radical (unpaired) electrons. The summed E-state index contributed by atoms with van der Waals surface area (Å²) >= 11 is 0. The van der Waals surface area contributed by atoms with E-state index in [9.17, 15) is 33.0 Å². The maximum Gasteiger partial charge on any atom is 0.419 e. The molecule has 1 aromatic rings. The van der Waals surface area contributed by atoms with Crippen LogP contribution in [-0.2, 0) is 15.8 Å². The minimum Gasteiger partial charge on any atom is -0.481 e. The Bertz CT molecular complexity index is 697. The number of carbonyl (C=O) groups excluding carboxylic acids is 1. The van der Waals surface area contributed by atoms with Crippen LogP contribution in [0.4, 0.5) is 19.1 Å². The number of rotatable bonds is 3. The van der Waals surface area contributed by atoms with Crippen molar-refractivity contribution in [1.82, 2.24) is 14.9 Å². The third kappa shape index (κ3) is 3.43. The molecule has 3 rings (SSSR count).